The average Bonchev–Trinajstić information content (AvgIpc) is 1.89. The summed E-state index contributed by atoms with van der Waals surface area (Å²) < 4.78 is 0. The molecule has 0 aromatic carbocycles. The Morgan fingerprint density at radius 3 is 2.40 bits per heavy atom. The SMILES string of the molecule is CCC[CH-]CCCCN.[Li+]. The molecule has 0 atom stereocenters. The van der Waals surface area contributed by atoms with Crippen LogP contribution in [-0.2, 0) is 0 Å². The van der Waals surface area contributed by atoms with Gasteiger partial charge in [0.05, 0.1) is 0 Å². The Hall–Kier alpha value is 0.557. The molecule has 2 heteroatoms. The van der Waals surface area contributed by atoms with Gasteiger partial charge < -0.3 is 12.2 Å². The summed E-state index contributed by atoms with van der Waals surface area (Å²) in [7, 11) is 0. The van der Waals surface area contributed by atoms with Crippen molar-refractivity contribution in [1.29, 1.82) is 0 Å². The van der Waals surface area contributed by atoms with Crippen LogP contribution in [-0.4, -0.2) is 6.54 Å². The first-order chi connectivity index (χ1) is 4.41. The normalized spacial score (nSPS) is 9.00. The van der Waals surface area contributed by atoms with Crippen molar-refractivity contribution in [3.8, 4) is 0 Å². The van der Waals surface area contributed by atoms with Crippen molar-refractivity contribution in [2.24, 2.45) is 5.73 Å². The van der Waals surface area contributed by atoms with E-state index in [4.69, 9.17) is 5.73 Å². The van der Waals surface area contributed by atoms with E-state index in [0.29, 0.717) is 0 Å². The van der Waals surface area contributed by atoms with Gasteiger partial charge in [-0.2, -0.15) is 12.8 Å². The zero-order chi connectivity index (χ0) is 6.95. The van der Waals surface area contributed by atoms with Crippen LogP contribution in [0, 0.1) is 6.42 Å². The van der Waals surface area contributed by atoms with Gasteiger partial charge in [-0.1, -0.05) is 19.8 Å². The zero-order valence-electron chi connectivity index (χ0n) is 7.40. The largest absolute Gasteiger partial charge is 1.00 e. The minimum absolute atomic E-state index is 0. The third-order valence-electron chi connectivity index (χ3n) is 1.36. The van der Waals surface area contributed by atoms with Crippen molar-refractivity contribution < 1.29 is 18.9 Å². The molecule has 0 unspecified atom stereocenters. The first-order valence-corrected chi connectivity index (χ1v) is 3.93. The van der Waals surface area contributed by atoms with Crippen LogP contribution in [0.1, 0.15) is 39.0 Å². The standard InChI is InChI=1S/C8H18N.Li/c1-2-3-4-5-6-7-8-9;/h4H,2-3,5-9H2,1H3;/q-1;+1. The second-order valence-electron chi connectivity index (χ2n) is 2.36. The fourth-order valence-electron chi connectivity index (χ4n) is 0.781. The van der Waals surface area contributed by atoms with E-state index in [1.54, 1.807) is 0 Å². The molecule has 0 aliphatic carbocycles. The first kappa shape index (κ1) is 13.2. The molecular weight excluding hydrogens is 117 g/mol. The summed E-state index contributed by atoms with van der Waals surface area (Å²) in [5, 5.41) is 0. The maximum atomic E-state index is 5.33. The van der Waals surface area contributed by atoms with Crippen LogP contribution in [0.2, 0.25) is 0 Å². The summed E-state index contributed by atoms with van der Waals surface area (Å²) in [6.07, 6.45) is 8.62. The molecule has 0 fully saturated rings. The molecule has 0 spiro atoms. The van der Waals surface area contributed by atoms with E-state index in [-0.39, 0.29) is 18.9 Å². The maximum Gasteiger partial charge on any atom is 1.00 e. The first-order valence-electron chi connectivity index (χ1n) is 3.93. The molecule has 0 heterocycles. The van der Waals surface area contributed by atoms with Gasteiger partial charge in [-0.25, -0.2) is 0 Å². The second-order valence-corrected chi connectivity index (χ2v) is 2.36. The van der Waals surface area contributed by atoms with Crippen LogP contribution in [0.3, 0.4) is 0 Å². The molecule has 0 aromatic rings. The Labute approximate surface area is 76.9 Å². The predicted molar refractivity (Wildman–Crippen MR) is 42.1 cm³/mol. The summed E-state index contributed by atoms with van der Waals surface area (Å²) in [6.45, 7) is 3.05. The van der Waals surface area contributed by atoms with Gasteiger partial charge in [0.25, 0.3) is 0 Å². The number of hydrogen-bond donors (Lipinski definition) is 1. The summed E-state index contributed by atoms with van der Waals surface area (Å²) in [5.74, 6) is 0. The van der Waals surface area contributed by atoms with E-state index in [2.05, 4.69) is 13.3 Å². The molecule has 2 N–H and O–H groups in total. The van der Waals surface area contributed by atoms with Gasteiger partial charge in [0.2, 0.25) is 0 Å². The monoisotopic (exact) mass is 135 g/mol. The van der Waals surface area contributed by atoms with Crippen LogP contribution in [0.4, 0.5) is 0 Å². The molecule has 0 rings (SSSR count). The summed E-state index contributed by atoms with van der Waals surface area (Å²) in [5.41, 5.74) is 5.33. The van der Waals surface area contributed by atoms with Crippen molar-refractivity contribution in [2.75, 3.05) is 6.54 Å². The van der Waals surface area contributed by atoms with Crippen molar-refractivity contribution in [2.45, 2.75) is 39.0 Å². The van der Waals surface area contributed by atoms with Gasteiger partial charge in [0.1, 0.15) is 0 Å². The van der Waals surface area contributed by atoms with Gasteiger partial charge >= 0.3 is 18.9 Å². The molecule has 0 aliphatic rings. The third kappa shape index (κ3) is 11.4. The van der Waals surface area contributed by atoms with Crippen LogP contribution in [0.25, 0.3) is 0 Å². The number of nitrogens with two attached hydrogens (primary N) is 1. The molecule has 0 amide bonds. The van der Waals surface area contributed by atoms with E-state index < -0.39 is 0 Å². The minimum Gasteiger partial charge on any atom is -0.330 e. The van der Waals surface area contributed by atoms with Crippen molar-refractivity contribution in [3.63, 3.8) is 0 Å². The van der Waals surface area contributed by atoms with Crippen LogP contribution >= 0.6 is 0 Å². The Balaban J connectivity index is 0. The molecule has 0 aliphatic heterocycles. The van der Waals surface area contributed by atoms with Crippen molar-refractivity contribution >= 4 is 0 Å². The van der Waals surface area contributed by atoms with Gasteiger partial charge in [0.15, 0.2) is 0 Å². The molecule has 0 radical (unpaired) electrons. The van der Waals surface area contributed by atoms with E-state index in [9.17, 15) is 0 Å². The molecule has 56 valence electrons. The molecule has 0 saturated heterocycles. The smallest absolute Gasteiger partial charge is 0.330 e. The molecule has 0 aromatic heterocycles. The fraction of sp³-hybridized carbons (Fsp3) is 0.875. The Bertz CT molecular complexity index is 42.5. The van der Waals surface area contributed by atoms with E-state index in [1.807, 2.05) is 0 Å². The van der Waals surface area contributed by atoms with E-state index >= 15 is 0 Å². The molecular formula is C8H18LiN. The van der Waals surface area contributed by atoms with E-state index in [0.717, 1.165) is 6.54 Å². The van der Waals surface area contributed by atoms with Crippen molar-refractivity contribution in [3.05, 3.63) is 6.42 Å². The maximum absolute atomic E-state index is 5.33. The van der Waals surface area contributed by atoms with Crippen LogP contribution < -0.4 is 24.6 Å². The fourth-order valence-corrected chi connectivity index (χ4v) is 0.781. The Morgan fingerprint density at radius 1 is 1.20 bits per heavy atom. The van der Waals surface area contributed by atoms with Gasteiger partial charge in [-0.3, -0.25) is 0 Å². The van der Waals surface area contributed by atoms with Crippen molar-refractivity contribution in [1.82, 2.24) is 0 Å². The molecule has 10 heavy (non-hydrogen) atoms. The van der Waals surface area contributed by atoms with E-state index in [1.165, 1.54) is 32.1 Å². The van der Waals surface area contributed by atoms with Gasteiger partial charge in [0, 0.05) is 0 Å². The number of rotatable bonds is 6. The number of unbranched alkanes of at least 4 members (excludes halogenated alkanes) is 5. The molecule has 1 nitrogen and oxygen atoms in total. The summed E-state index contributed by atoms with van der Waals surface area (Å²) in [6, 6.07) is 0. The van der Waals surface area contributed by atoms with Crippen LogP contribution in [0.5, 0.6) is 0 Å². The van der Waals surface area contributed by atoms with Gasteiger partial charge in [-0.15, -0.1) is 0 Å². The topological polar surface area (TPSA) is 26.0 Å². The second kappa shape index (κ2) is 12.3. The predicted octanol–water partition coefficient (Wildman–Crippen LogP) is -0.876. The number of hydrogen-bond acceptors (Lipinski definition) is 1. The molecule has 0 bridgehead atoms. The Kier molecular flexibility index (Phi) is 16.1. The average molecular weight is 135 g/mol. The van der Waals surface area contributed by atoms with Crippen LogP contribution in [0.15, 0.2) is 0 Å². The summed E-state index contributed by atoms with van der Waals surface area (Å²) >= 11 is 0. The Morgan fingerprint density at radius 2 is 1.90 bits per heavy atom. The third-order valence-corrected chi connectivity index (χ3v) is 1.36. The zero-order valence-corrected chi connectivity index (χ0v) is 7.40. The summed E-state index contributed by atoms with van der Waals surface area (Å²) in [4.78, 5) is 0. The minimum atomic E-state index is 0. The van der Waals surface area contributed by atoms with Gasteiger partial charge in [-0.05, 0) is 13.0 Å². The quantitative estimate of drug-likeness (QED) is 0.286. The molecule has 0 saturated carbocycles.